The average molecular weight is 392 g/mol. The maximum atomic E-state index is 12.6. The molecule has 1 atom stereocenters. The summed E-state index contributed by atoms with van der Waals surface area (Å²) in [5.74, 6) is 0.879. The molecule has 0 radical (unpaired) electrons. The van der Waals surface area contributed by atoms with E-state index in [2.05, 4.69) is 5.32 Å². The van der Waals surface area contributed by atoms with Crippen LogP contribution >= 0.6 is 0 Å². The van der Waals surface area contributed by atoms with E-state index in [-0.39, 0.29) is 11.6 Å². The molecule has 0 aliphatic heterocycles. The first kappa shape index (κ1) is 22.0. The Kier molecular flexibility index (Phi) is 8.78. The predicted molar refractivity (Wildman–Crippen MR) is 115 cm³/mol. The summed E-state index contributed by atoms with van der Waals surface area (Å²) in [6.45, 7) is 7.10. The molecule has 0 bridgehead atoms. The van der Waals surface area contributed by atoms with E-state index in [1.54, 1.807) is 18.2 Å². The van der Waals surface area contributed by atoms with E-state index in [1.165, 1.54) is 0 Å². The van der Waals surface area contributed by atoms with Crippen LogP contribution in [0.1, 0.15) is 50.8 Å². The third-order valence-electron chi connectivity index (χ3n) is 4.23. The quantitative estimate of drug-likeness (QED) is 0.454. The first-order valence-corrected chi connectivity index (χ1v) is 9.96. The zero-order valence-electron chi connectivity index (χ0n) is 17.3. The van der Waals surface area contributed by atoms with Gasteiger partial charge in [0.25, 0.3) is 5.91 Å². The highest BCUT2D eigenvalue weighted by Crippen LogP contribution is 2.27. The van der Waals surface area contributed by atoms with Gasteiger partial charge in [0.1, 0.15) is 23.1 Å². The molecule has 1 N–H and O–H groups in total. The second-order valence-electron chi connectivity index (χ2n) is 6.67. The van der Waals surface area contributed by atoms with Crippen molar-refractivity contribution in [3.63, 3.8) is 0 Å². The SMILES string of the molecule is CCCOc1ccc(/C=C(/C#N)C(=O)N[C@H](C)c2ccccc2)c(OCCC)c1. The molecule has 5 nitrogen and oxygen atoms in total. The van der Waals surface area contributed by atoms with Gasteiger partial charge in [-0.15, -0.1) is 0 Å². The fourth-order valence-electron chi connectivity index (χ4n) is 2.68. The number of amides is 1. The van der Waals surface area contributed by atoms with Crippen molar-refractivity contribution < 1.29 is 14.3 Å². The summed E-state index contributed by atoms with van der Waals surface area (Å²) in [5.41, 5.74) is 1.67. The number of hydrogen-bond acceptors (Lipinski definition) is 4. The minimum atomic E-state index is -0.420. The van der Waals surface area contributed by atoms with Gasteiger partial charge in [-0.2, -0.15) is 5.26 Å². The highest BCUT2D eigenvalue weighted by atomic mass is 16.5. The van der Waals surface area contributed by atoms with E-state index in [0.29, 0.717) is 30.3 Å². The molecule has 0 spiro atoms. The second kappa shape index (κ2) is 11.6. The van der Waals surface area contributed by atoms with Gasteiger partial charge in [0.2, 0.25) is 0 Å². The lowest BCUT2D eigenvalue weighted by atomic mass is 10.1. The fraction of sp³-hybridized carbons (Fsp3) is 0.333. The number of ether oxygens (including phenoxy) is 2. The van der Waals surface area contributed by atoms with Crippen molar-refractivity contribution in [2.75, 3.05) is 13.2 Å². The summed E-state index contributed by atoms with van der Waals surface area (Å²) in [7, 11) is 0. The van der Waals surface area contributed by atoms with Gasteiger partial charge in [-0.25, -0.2) is 0 Å². The summed E-state index contributed by atoms with van der Waals surface area (Å²) in [4.78, 5) is 12.6. The zero-order valence-corrected chi connectivity index (χ0v) is 17.3. The molecule has 0 aromatic heterocycles. The number of nitrogens with zero attached hydrogens (tertiary/aromatic N) is 1. The Labute approximate surface area is 173 Å². The molecular weight excluding hydrogens is 364 g/mol. The van der Waals surface area contributed by atoms with Gasteiger partial charge in [0.05, 0.1) is 19.3 Å². The maximum Gasteiger partial charge on any atom is 0.262 e. The first-order chi connectivity index (χ1) is 14.1. The maximum absolute atomic E-state index is 12.6. The van der Waals surface area contributed by atoms with Crippen molar-refractivity contribution in [1.29, 1.82) is 5.26 Å². The zero-order chi connectivity index (χ0) is 21.1. The highest BCUT2D eigenvalue weighted by molar-refractivity contribution is 6.02. The largest absolute Gasteiger partial charge is 0.493 e. The van der Waals surface area contributed by atoms with Crippen molar-refractivity contribution in [3.05, 3.63) is 65.2 Å². The molecule has 0 unspecified atom stereocenters. The molecule has 1 amide bonds. The highest BCUT2D eigenvalue weighted by Gasteiger charge is 2.15. The van der Waals surface area contributed by atoms with E-state index in [4.69, 9.17) is 9.47 Å². The number of nitrogens with one attached hydrogen (secondary N) is 1. The Morgan fingerprint density at radius 1 is 1.10 bits per heavy atom. The number of carbonyl (C=O) groups excluding carboxylic acids is 1. The molecular formula is C24H28N2O3. The van der Waals surface area contributed by atoms with Gasteiger partial charge < -0.3 is 14.8 Å². The lowest BCUT2D eigenvalue weighted by Crippen LogP contribution is -2.27. The first-order valence-electron chi connectivity index (χ1n) is 9.96. The van der Waals surface area contributed by atoms with Crippen molar-refractivity contribution >= 4 is 12.0 Å². The summed E-state index contributed by atoms with van der Waals surface area (Å²) >= 11 is 0. The van der Waals surface area contributed by atoms with Gasteiger partial charge in [-0.1, -0.05) is 44.2 Å². The van der Waals surface area contributed by atoms with Crippen LogP contribution in [-0.4, -0.2) is 19.1 Å². The topological polar surface area (TPSA) is 71.3 Å². The van der Waals surface area contributed by atoms with E-state index in [0.717, 1.165) is 18.4 Å². The van der Waals surface area contributed by atoms with Gasteiger partial charge in [0.15, 0.2) is 0 Å². The smallest absolute Gasteiger partial charge is 0.262 e. The van der Waals surface area contributed by atoms with Crippen LogP contribution in [0.25, 0.3) is 6.08 Å². The van der Waals surface area contributed by atoms with Gasteiger partial charge in [-0.05, 0) is 43.5 Å². The van der Waals surface area contributed by atoms with Crippen molar-refractivity contribution in [2.45, 2.75) is 39.7 Å². The third kappa shape index (κ3) is 6.69. The molecule has 2 aromatic carbocycles. The Morgan fingerprint density at radius 2 is 1.79 bits per heavy atom. The molecule has 152 valence electrons. The lowest BCUT2D eigenvalue weighted by Gasteiger charge is -2.14. The molecule has 2 aromatic rings. The Balaban J connectivity index is 2.23. The van der Waals surface area contributed by atoms with Gasteiger partial charge in [-0.3, -0.25) is 4.79 Å². The summed E-state index contributed by atoms with van der Waals surface area (Å²) < 4.78 is 11.5. The molecule has 0 saturated carbocycles. The summed E-state index contributed by atoms with van der Waals surface area (Å²) in [5, 5.41) is 12.4. The third-order valence-corrected chi connectivity index (χ3v) is 4.23. The van der Waals surface area contributed by atoms with Crippen molar-refractivity contribution in [3.8, 4) is 17.6 Å². The van der Waals surface area contributed by atoms with Crippen LogP contribution in [0.3, 0.4) is 0 Å². The number of nitriles is 1. The fourth-order valence-corrected chi connectivity index (χ4v) is 2.68. The van der Waals surface area contributed by atoms with E-state index in [9.17, 15) is 10.1 Å². The van der Waals surface area contributed by atoms with Crippen LogP contribution < -0.4 is 14.8 Å². The molecule has 2 rings (SSSR count). The standard InChI is InChI=1S/C24H28N2O3/c1-4-13-28-22-12-11-20(23(16-22)29-14-5-2)15-21(17-25)24(27)26-18(3)19-9-7-6-8-10-19/h6-12,15-16,18H,4-5,13-14H2,1-3H3,(H,26,27)/b21-15-/t18-/m1/s1. The Hall–Kier alpha value is -3.26. The Bertz CT molecular complexity index is 869. The molecule has 5 heteroatoms. The number of hydrogen-bond donors (Lipinski definition) is 1. The molecule has 29 heavy (non-hydrogen) atoms. The number of carbonyl (C=O) groups is 1. The van der Waals surface area contributed by atoms with Gasteiger partial charge >= 0.3 is 0 Å². The van der Waals surface area contributed by atoms with Crippen molar-refractivity contribution in [1.82, 2.24) is 5.32 Å². The summed E-state index contributed by atoms with van der Waals surface area (Å²) in [6, 6.07) is 16.8. The van der Waals surface area contributed by atoms with E-state index < -0.39 is 5.91 Å². The van der Waals surface area contributed by atoms with E-state index >= 15 is 0 Å². The normalized spacial score (nSPS) is 12.0. The second-order valence-corrected chi connectivity index (χ2v) is 6.67. The Morgan fingerprint density at radius 3 is 2.45 bits per heavy atom. The molecule has 0 aliphatic carbocycles. The molecule has 0 saturated heterocycles. The van der Waals surface area contributed by atoms with Gasteiger partial charge in [0, 0.05) is 11.6 Å². The lowest BCUT2D eigenvalue weighted by molar-refractivity contribution is -0.117. The van der Waals surface area contributed by atoms with Crippen LogP contribution in [0.5, 0.6) is 11.5 Å². The minimum absolute atomic E-state index is 0.0244. The summed E-state index contributed by atoms with van der Waals surface area (Å²) in [6.07, 6.45) is 3.32. The van der Waals surface area contributed by atoms with Crippen molar-refractivity contribution in [2.24, 2.45) is 0 Å². The monoisotopic (exact) mass is 392 g/mol. The van der Waals surface area contributed by atoms with E-state index in [1.807, 2.05) is 63.2 Å². The van der Waals surface area contributed by atoms with Crippen LogP contribution in [0.4, 0.5) is 0 Å². The molecule has 0 fully saturated rings. The van der Waals surface area contributed by atoms with Crippen LogP contribution in [0.2, 0.25) is 0 Å². The number of benzene rings is 2. The van der Waals surface area contributed by atoms with Crippen LogP contribution in [0.15, 0.2) is 54.1 Å². The van der Waals surface area contributed by atoms with Crippen LogP contribution in [-0.2, 0) is 4.79 Å². The molecule has 0 aliphatic rings. The minimum Gasteiger partial charge on any atom is -0.493 e. The molecule has 0 heterocycles. The average Bonchev–Trinajstić information content (AvgIpc) is 2.75. The van der Waals surface area contributed by atoms with Crippen LogP contribution in [0, 0.1) is 11.3 Å². The number of rotatable bonds is 10. The predicted octanol–water partition coefficient (Wildman–Crippen LogP) is 5.05.